The van der Waals surface area contributed by atoms with Crippen molar-refractivity contribution in [2.45, 2.75) is 20.3 Å². The normalized spacial score (nSPS) is 15.6. The first kappa shape index (κ1) is 9.97. The van der Waals surface area contributed by atoms with Crippen LogP contribution in [0.5, 0.6) is 0 Å². The highest BCUT2D eigenvalue weighted by Gasteiger charge is 2.16. The first-order valence-corrected chi connectivity index (χ1v) is 5.43. The van der Waals surface area contributed by atoms with Crippen molar-refractivity contribution in [3.8, 4) is 0 Å². The minimum Gasteiger partial charge on any atom is -0.0874 e. The van der Waals surface area contributed by atoms with Crippen molar-refractivity contribution >= 4 is 5.57 Å². The van der Waals surface area contributed by atoms with Gasteiger partial charge in [0.15, 0.2) is 0 Å². The van der Waals surface area contributed by atoms with Crippen LogP contribution in [-0.4, -0.2) is 0 Å². The lowest BCUT2D eigenvalue weighted by Crippen LogP contribution is -1.80. The van der Waals surface area contributed by atoms with Gasteiger partial charge in [0.05, 0.1) is 0 Å². The van der Waals surface area contributed by atoms with Crippen LogP contribution < -0.4 is 0 Å². The number of fused-ring (bicyclic) bond motifs is 1. The molecule has 0 atom stereocenters. The molecule has 1 aliphatic carbocycles. The lowest BCUT2D eigenvalue weighted by Gasteiger charge is -1.99. The van der Waals surface area contributed by atoms with Crippen molar-refractivity contribution < 1.29 is 0 Å². The zero-order valence-electron chi connectivity index (χ0n) is 9.33. The SMILES string of the molecule is C/C=C\C1=C(/C=C/C)c2ccccc2C1. The quantitative estimate of drug-likeness (QED) is 0.666. The molecule has 15 heavy (non-hydrogen) atoms. The Balaban J connectivity index is 2.52. The third kappa shape index (κ3) is 1.80. The Bertz CT molecular complexity index is 445. The van der Waals surface area contributed by atoms with Crippen LogP contribution >= 0.6 is 0 Å². The molecule has 0 fully saturated rings. The second kappa shape index (κ2) is 4.31. The Morgan fingerprint density at radius 1 is 1.00 bits per heavy atom. The number of benzene rings is 1. The summed E-state index contributed by atoms with van der Waals surface area (Å²) in [5.41, 5.74) is 5.64. The van der Waals surface area contributed by atoms with E-state index in [1.54, 1.807) is 0 Å². The Kier molecular flexibility index (Phi) is 2.86. The molecule has 1 aromatic carbocycles. The van der Waals surface area contributed by atoms with Gasteiger partial charge in [0.1, 0.15) is 0 Å². The molecule has 0 aromatic heterocycles. The van der Waals surface area contributed by atoms with Crippen molar-refractivity contribution in [3.05, 3.63) is 65.3 Å². The molecule has 76 valence electrons. The predicted octanol–water partition coefficient (Wildman–Crippen LogP) is 4.15. The summed E-state index contributed by atoms with van der Waals surface area (Å²) in [7, 11) is 0. The van der Waals surface area contributed by atoms with Gasteiger partial charge < -0.3 is 0 Å². The lowest BCUT2D eigenvalue weighted by molar-refractivity contribution is 1.24. The maximum atomic E-state index is 2.22. The Labute approximate surface area is 91.6 Å². The smallest absolute Gasteiger partial charge is 0.00136 e. The van der Waals surface area contributed by atoms with Gasteiger partial charge in [0.2, 0.25) is 0 Å². The van der Waals surface area contributed by atoms with Gasteiger partial charge in [-0.15, -0.1) is 0 Å². The molecule has 0 radical (unpaired) electrons. The average molecular weight is 196 g/mol. The number of hydrogen-bond donors (Lipinski definition) is 0. The maximum absolute atomic E-state index is 2.22. The van der Waals surface area contributed by atoms with Gasteiger partial charge in [-0.25, -0.2) is 0 Å². The van der Waals surface area contributed by atoms with E-state index in [-0.39, 0.29) is 0 Å². The van der Waals surface area contributed by atoms with Crippen molar-refractivity contribution in [1.82, 2.24) is 0 Å². The van der Waals surface area contributed by atoms with Crippen LogP contribution in [0.2, 0.25) is 0 Å². The largest absolute Gasteiger partial charge is 0.0874 e. The molecule has 0 N–H and O–H groups in total. The standard InChI is InChI=1S/C15H16/c1-3-7-12-11-13-9-5-6-10-15(13)14(12)8-4-2/h3-10H,11H2,1-2H3/b7-3-,8-4+. The van der Waals surface area contributed by atoms with Crippen LogP contribution in [0.3, 0.4) is 0 Å². The molecule has 1 aromatic rings. The summed E-state index contributed by atoms with van der Waals surface area (Å²) >= 11 is 0. The Hall–Kier alpha value is -1.56. The van der Waals surface area contributed by atoms with Crippen LogP contribution in [0.4, 0.5) is 0 Å². The van der Waals surface area contributed by atoms with Crippen molar-refractivity contribution in [1.29, 1.82) is 0 Å². The van der Waals surface area contributed by atoms with Crippen LogP contribution in [-0.2, 0) is 6.42 Å². The summed E-state index contributed by atoms with van der Waals surface area (Å²) in [6.45, 7) is 4.14. The summed E-state index contributed by atoms with van der Waals surface area (Å²) in [4.78, 5) is 0. The van der Waals surface area contributed by atoms with Crippen molar-refractivity contribution in [2.75, 3.05) is 0 Å². The van der Waals surface area contributed by atoms with E-state index >= 15 is 0 Å². The highest BCUT2D eigenvalue weighted by molar-refractivity contribution is 5.84. The molecule has 0 unspecified atom stereocenters. The van der Waals surface area contributed by atoms with Crippen molar-refractivity contribution in [2.24, 2.45) is 0 Å². The average Bonchev–Trinajstić information content (AvgIpc) is 2.59. The van der Waals surface area contributed by atoms with E-state index in [1.165, 1.54) is 22.3 Å². The van der Waals surface area contributed by atoms with Gasteiger partial charge in [-0.05, 0) is 42.5 Å². The van der Waals surface area contributed by atoms with Crippen LogP contribution in [0.15, 0.2) is 54.1 Å². The molecule has 1 aliphatic rings. The van der Waals surface area contributed by atoms with E-state index in [2.05, 4.69) is 62.4 Å². The van der Waals surface area contributed by atoms with Crippen LogP contribution in [0.25, 0.3) is 5.57 Å². The fraction of sp³-hybridized carbons (Fsp3) is 0.200. The topological polar surface area (TPSA) is 0 Å². The highest BCUT2D eigenvalue weighted by atomic mass is 14.2. The number of allylic oxidation sites excluding steroid dienone is 6. The van der Waals surface area contributed by atoms with Gasteiger partial charge in [-0.1, -0.05) is 48.6 Å². The summed E-state index contributed by atoms with van der Waals surface area (Å²) in [5.74, 6) is 0. The first-order chi connectivity index (χ1) is 7.36. The van der Waals surface area contributed by atoms with Crippen LogP contribution in [0.1, 0.15) is 25.0 Å². The Morgan fingerprint density at radius 3 is 2.47 bits per heavy atom. The van der Waals surface area contributed by atoms with E-state index in [4.69, 9.17) is 0 Å². The maximum Gasteiger partial charge on any atom is -0.00136 e. The van der Waals surface area contributed by atoms with Gasteiger partial charge >= 0.3 is 0 Å². The summed E-state index contributed by atoms with van der Waals surface area (Å²) < 4.78 is 0. The predicted molar refractivity (Wildman–Crippen MR) is 66.7 cm³/mol. The van der Waals surface area contributed by atoms with E-state index in [0.717, 1.165) is 6.42 Å². The van der Waals surface area contributed by atoms with E-state index in [0.29, 0.717) is 0 Å². The molecule has 0 aliphatic heterocycles. The van der Waals surface area contributed by atoms with Gasteiger partial charge in [0, 0.05) is 0 Å². The molecule has 0 amide bonds. The third-order valence-corrected chi connectivity index (χ3v) is 2.74. The second-order valence-corrected chi connectivity index (χ2v) is 3.77. The molecule has 0 saturated carbocycles. The summed E-state index contributed by atoms with van der Waals surface area (Å²) in [5, 5.41) is 0. The highest BCUT2D eigenvalue weighted by Crippen LogP contribution is 2.34. The number of rotatable bonds is 2. The zero-order chi connectivity index (χ0) is 10.7. The first-order valence-electron chi connectivity index (χ1n) is 5.43. The van der Waals surface area contributed by atoms with Crippen molar-refractivity contribution in [3.63, 3.8) is 0 Å². The lowest BCUT2D eigenvalue weighted by atomic mass is 10.1. The van der Waals surface area contributed by atoms with E-state index < -0.39 is 0 Å². The van der Waals surface area contributed by atoms with Crippen LogP contribution in [0, 0.1) is 0 Å². The minimum absolute atomic E-state index is 1.07. The second-order valence-electron chi connectivity index (χ2n) is 3.77. The molecule has 0 spiro atoms. The molecule has 0 bridgehead atoms. The van der Waals surface area contributed by atoms with E-state index in [1.807, 2.05) is 0 Å². The number of hydrogen-bond acceptors (Lipinski definition) is 0. The molecule has 0 saturated heterocycles. The molecule has 2 rings (SSSR count). The van der Waals surface area contributed by atoms with Gasteiger partial charge in [-0.3, -0.25) is 0 Å². The van der Waals surface area contributed by atoms with Gasteiger partial charge in [0.25, 0.3) is 0 Å². The fourth-order valence-electron chi connectivity index (χ4n) is 2.12. The third-order valence-electron chi connectivity index (χ3n) is 2.74. The molecule has 0 heteroatoms. The van der Waals surface area contributed by atoms with E-state index in [9.17, 15) is 0 Å². The zero-order valence-corrected chi connectivity index (χ0v) is 9.33. The monoisotopic (exact) mass is 196 g/mol. The Morgan fingerprint density at radius 2 is 1.73 bits per heavy atom. The minimum atomic E-state index is 1.07. The molecular weight excluding hydrogens is 180 g/mol. The molecule has 0 heterocycles. The molecule has 0 nitrogen and oxygen atoms in total. The fourth-order valence-corrected chi connectivity index (χ4v) is 2.12. The summed E-state index contributed by atoms with van der Waals surface area (Å²) in [6, 6.07) is 8.65. The van der Waals surface area contributed by atoms with Gasteiger partial charge in [-0.2, -0.15) is 0 Å². The summed E-state index contributed by atoms with van der Waals surface area (Å²) in [6.07, 6.45) is 9.72. The molecular formula is C15H16.